The van der Waals surface area contributed by atoms with Gasteiger partial charge in [0.15, 0.2) is 5.65 Å². The highest BCUT2D eigenvalue weighted by Gasteiger charge is 2.23. The first kappa shape index (κ1) is 19.6. The molecule has 1 N–H and O–H groups in total. The molecule has 4 aromatic rings. The summed E-state index contributed by atoms with van der Waals surface area (Å²) in [5.74, 6) is 0.997. The molecular weight excluding hydrogens is 386 g/mol. The second kappa shape index (κ2) is 8.43. The van der Waals surface area contributed by atoms with Crippen LogP contribution in [0, 0.1) is 0 Å². The van der Waals surface area contributed by atoms with Gasteiger partial charge in [-0.15, -0.1) is 0 Å². The normalized spacial score (nSPS) is 16.0. The van der Waals surface area contributed by atoms with E-state index in [4.69, 9.17) is 0 Å². The molecule has 0 bridgehead atoms. The maximum absolute atomic E-state index is 4.55. The molecule has 7 heteroatoms. The third kappa shape index (κ3) is 4.01. The summed E-state index contributed by atoms with van der Waals surface area (Å²) in [6.45, 7) is 4.20. The smallest absolute Gasteiger partial charge is 0.163 e. The molecule has 1 saturated heterocycles. The topological polar surface area (TPSA) is 71.8 Å². The molecule has 7 nitrogen and oxygen atoms in total. The highest BCUT2D eigenvalue weighted by atomic mass is 15.3. The van der Waals surface area contributed by atoms with Gasteiger partial charge >= 0.3 is 0 Å². The quantitative estimate of drug-likeness (QED) is 0.537. The zero-order chi connectivity index (χ0) is 21.2. The summed E-state index contributed by atoms with van der Waals surface area (Å²) >= 11 is 0. The van der Waals surface area contributed by atoms with E-state index >= 15 is 0 Å². The van der Waals surface area contributed by atoms with Crippen molar-refractivity contribution in [3.05, 3.63) is 66.9 Å². The third-order valence-electron chi connectivity index (χ3n) is 6.21. The van der Waals surface area contributed by atoms with E-state index in [0.29, 0.717) is 12.1 Å². The molecule has 158 valence electrons. The van der Waals surface area contributed by atoms with Gasteiger partial charge in [-0.25, -0.2) is 9.97 Å². The summed E-state index contributed by atoms with van der Waals surface area (Å²) < 4.78 is 1.80. The number of aromatic nitrogens is 5. The zero-order valence-electron chi connectivity index (χ0n) is 17.9. The van der Waals surface area contributed by atoms with Crippen molar-refractivity contribution in [2.24, 2.45) is 7.05 Å². The molecule has 5 rings (SSSR count). The fraction of sp³-hybridized carbons (Fsp3) is 0.333. The Morgan fingerprint density at radius 2 is 1.68 bits per heavy atom. The van der Waals surface area contributed by atoms with Crippen molar-refractivity contribution in [1.29, 1.82) is 0 Å². The molecule has 1 fully saturated rings. The number of pyridine rings is 1. The summed E-state index contributed by atoms with van der Waals surface area (Å²) in [4.78, 5) is 15.4. The Bertz CT molecular complexity index is 1150. The molecule has 0 saturated carbocycles. The molecule has 0 radical (unpaired) electrons. The number of fused-ring (bicyclic) bond motifs is 1. The van der Waals surface area contributed by atoms with E-state index in [1.807, 2.05) is 37.8 Å². The number of hydrogen-bond acceptors (Lipinski definition) is 6. The predicted molar refractivity (Wildman–Crippen MR) is 123 cm³/mol. The van der Waals surface area contributed by atoms with Gasteiger partial charge in [0, 0.05) is 44.6 Å². The summed E-state index contributed by atoms with van der Waals surface area (Å²) in [5.41, 5.74) is 4.61. The molecule has 1 aliphatic rings. The SMILES string of the molecule is C[C@@H](NC1CCN(c2ncnc3c2cnn3C)CC1)c1ccc(-c2ccncc2)cc1. The van der Waals surface area contributed by atoms with Crippen LogP contribution in [-0.4, -0.2) is 43.9 Å². The minimum absolute atomic E-state index is 0.312. The number of aryl methyl sites for hydroxylation is 1. The average Bonchev–Trinajstić information content (AvgIpc) is 3.21. The summed E-state index contributed by atoms with van der Waals surface area (Å²) in [7, 11) is 1.92. The van der Waals surface area contributed by atoms with Crippen LogP contribution in [0.1, 0.15) is 31.4 Å². The molecule has 0 aliphatic carbocycles. The largest absolute Gasteiger partial charge is 0.356 e. The van der Waals surface area contributed by atoms with Crippen molar-refractivity contribution in [3.63, 3.8) is 0 Å². The number of anilines is 1. The minimum atomic E-state index is 0.312. The zero-order valence-corrected chi connectivity index (χ0v) is 17.9. The summed E-state index contributed by atoms with van der Waals surface area (Å²) in [6.07, 6.45) is 9.35. The Labute approximate surface area is 182 Å². The number of benzene rings is 1. The minimum Gasteiger partial charge on any atom is -0.356 e. The Morgan fingerprint density at radius 3 is 2.42 bits per heavy atom. The van der Waals surface area contributed by atoms with E-state index in [9.17, 15) is 0 Å². The molecule has 0 unspecified atom stereocenters. The van der Waals surface area contributed by atoms with Gasteiger partial charge in [0.1, 0.15) is 12.1 Å². The first-order valence-corrected chi connectivity index (χ1v) is 10.8. The van der Waals surface area contributed by atoms with Gasteiger partial charge in [0.25, 0.3) is 0 Å². The lowest BCUT2D eigenvalue weighted by Crippen LogP contribution is -2.43. The Balaban J connectivity index is 1.20. The maximum atomic E-state index is 4.55. The van der Waals surface area contributed by atoms with Crippen LogP contribution in [0.15, 0.2) is 61.3 Å². The van der Waals surface area contributed by atoms with Crippen LogP contribution in [-0.2, 0) is 7.05 Å². The van der Waals surface area contributed by atoms with Gasteiger partial charge in [-0.3, -0.25) is 9.67 Å². The van der Waals surface area contributed by atoms with E-state index < -0.39 is 0 Å². The van der Waals surface area contributed by atoms with E-state index in [-0.39, 0.29) is 0 Å². The van der Waals surface area contributed by atoms with Crippen LogP contribution in [0.5, 0.6) is 0 Å². The fourth-order valence-electron chi connectivity index (χ4n) is 4.42. The van der Waals surface area contributed by atoms with Gasteiger partial charge in [0.05, 0.1) is 11.6 Å². The average molecular weight is 414 g/mol. The first-order chi connectivity index (χ1) is 15.2. The van der Waals surface area contributed by atoms with Crippen LogP contribution >= 0.6 is 0 Å². The Morgan fingerprint density at radius 1 is 0.968 bits per heavy atom. The van der Waals surface area contributed by atoms with E-state index in [0.717, 1.165) is 42.8 Å². The van der Waals surface area contributed by atoms with Crippen LogP contribution < -0.4 is 10.2 Å². The fourth-order valence-corrected chi connectivity index (χ4v) is 4.42. The van der Waals surface area contributed by atoms with Gasteiger partial charge in [-0.05, 0) is 48.6 Å². The maximum Gasteiger partial charge on any atom is 0.163 e. The lowest BCUT2D eigenvalue weighted by atomic mass is 9.99. The monoisotopic (exact) mass is 413 g/mol. The number of rotatable bonds is 5. The molecule has 1 aliphatic heterocycles. The highest BCUT2D eigenvalue weighted by molar-refractivity contribution is 5.86. The van der Waals surface area contributed by atoms with Crippen molar-refractivity contribution >= 4 is 16.9 Å². The first-order valence-electron chi connectivity index (χ1n) is 10.8. The second-order valence-corrected chi connectivity index (χ2v) is 8.21. The second-order valence-electron chi connectivity index (χ2n) is 8.21. The van der Waals surface area contributed by atoms with Crippen LogP contribution in [0.2, 0.25) is 0 Å². The van der Waals surface area contributed by atoms with E-state index in [1.165, 1.54) is 16.7 Å². The molecule has 3 aromatic heterocycles. The van der Waals surface area contributed by atoms with E-state index in [2.05, 4.69) is 61.5 Å². The van der Waals surface area contributed by atoms with Crippen molar-refractivity contribution in [1.82, 2.24) is 30.0 Å². The van der Waals surface area contributed by atoms with Crippen molar-refractivity contribution in [3.8, 4) is 11.1 Å². The standard InChI is InChI=1S/C24H27N7/c1-17(18-3-5-19(6-4-18)20-7-11-25-12-8-20)29-21-9-13-31(14-10-21)24-22-15-28-30(2)23(22)26-16-27-24/h3-8,11-12,15-17,21,29H,9-10,13-14H2,1-2H3/t17-/m1/s1. The molecule has 4 heterocycles. The summed E-state index contributed by atoms with van der Waals surface area (Å²) in [5, 5.41) is 9.19. The number of hydrogen-bond donors (Lipinski definition) is 1. The number of nitrogens with one attached hydrogen (secondary N) is 1. The number of piperidine rings is 1. The lowest BCUT2D eigenvalue weighted by molar-refractivity contribution is 0.380. The van der Waals surface area contributed by atoms with Gasteiger partial charge in [0.2, 0.25) is 0 Å². The number of nitrogens with zero attached hydrogens (tertiary/aromatic N) is 6. The molecule has 1 aromatic carbocycles. The third-order valence-corrected chi connectivity index (χ3v) is 6.21. The van der Waals surface area contributed by atoms with Crippen molar-refractivity contribution in [2.45, 2.75) is 31.8 Å². The molecular formula is C24H27N7. The van der Waals surface area contributed by atoms with Crippen LogP contribution in [0.25, 0.3) is 22.2 Å². The van der Waals surface area contributed by atoms with Crippen LogP contribution in [0.3, 0.4) is 0 Å². The molecule has 0 amide bonds. The summed E-state index contributed by atoms with van der Waals surface area (Å²) in [6, 6.07) is 13.7. The van der Waals surface area contributed by atoms with Gasteiger partial charge < -0.3 is 10.2 Å². The Hall–Kier alpha value is -3.32. The predicted octanol–water partition coefficient (Wildman–Crippen LogP) is 3.74. The van der Waals surface area contributed by atoms with Gasteiger partial charge in [-0.1, -0.05) is 24.3 Å². The molecule has 31 heavy (non-hydrogen) atoms. The molecule has 0 spiro atoms. The van der Waals surface area contributed by atoms with Crippen molar-refractivity contribution < 1.29 is 0 Å². The lowest BCUT2D eigenvalue weighted by Gasteiger charge is -2.34. The highest BCUT2D eigenvalue weighted by Crippen LogP contribution is 2.26. The van der Waals surface area contributed by atoms with Crippen LogP contribution in [0.4, 0.5) is 5.82 Å². The van der Waals surface area contributed by atoms with E-state index in [1.54, 1.807) is 11.0 Å². The van der Waals surface area contributed by atoms with Crippen molar-refractivity contribution in [2.75, 3.05) is 18.0 Å². The molecule has 1 atom stereocenters. The van der Waals surface area contributed by atoms with Gasteiger partial charge in [-0.2, -0.15) is 5.10 Å². The Kier molecular flexibility index (Phi) is 5.34.